The molecular formula is C21H26NO6S4+. The summed E-state index contributed by atoms with van der Waals surface area (Å²) in [6.45, 7) is 0.612. The molecule has 0 atom stereocenters. The first-order valence-electron chi connectivity index (χ1n) is 10.2. The largest absolute Gasteiger partial charge is 0.298 e. The molecule has 0 unspecified atom stereocenters. The van der Waals surface area contributed by atoms with Gasteiger partial charge >= 0.3 is 0 Å². The predicted molar refractivity (Wildman–Crippen MR) is 129 cm³/mol. The second-order valence-electron chi connectivity index (χ2n) is 7.40. The number of fused-ring (bicyclic) bond motifs is 1. The Bertz CT molecular complexity index is 1250. The predicted octanol–water partition coefficient (Wildman–Crippen LogP) is 4.28. The molecule has 0 fully saturated rings. The van der Waals surface area contributed by atoms with Crippen molar-refractivity contribution in [2.24, 2.45) is 0 Å². The van der Waals surface area contributed by atoms with Gasteiger partial charge in [-0.05, 0) is 48.2 Å². The van der Waals surface area contributed by atoms with Crippen LogP contribution in [0, 0.1) is 0 Å². The number of benzene rings is 2. The van der Waals surface area contributed by atoms with Crippen LogP contribution in [0.5, 0.6) is 0 Å². The number of aromatic nitrogens is 1. The summed E-state index contributed by atoms with van der Waals surface area (Å²) in [5.41, 5.74) is 3.26. The van der Waals surface area contributed by atoms with Crippen molar-refractivity contribution < 1.29 is 30.5 Å². The second kappa shape index (κ2) is 11.1. The fourth-order valence-corrected chi connectivity index (χ4v) is 6.95. The minimum Gasteiger partial charge on any atom is -0.286 e. The van der Waals surface area contributed by atoms with Gasteiger partial charge in [0.25, 0.3) is 24.6 Å². The van der Waals surface area contributed by atoms with E-state index in [2.05, 4.69) is 34.9 Å². The third-order valence-electron chi connectivity index (χ3n) is 4.83. The van der Waals surface area contributed by atoms with Crippen LogP contribution in [0.1, 0.15) is 25.7 Å². The third-order valence-corrected chi connectivity index (χ3v) is 8.96. The zero-order valence-corrected chi connectivity index (χ0v) is 20.6. The highest BCUT2D eigenvalue weighted by Crippen LogP contribution is 2.32. The van der Waals surface area contributed by atoms with Crippen molar-refractivity contribution in [2.45, 2.75) is 36.6 Å². The van der Waals surface area contributed by atoms with E-state index in [1.807, 2.05) is 18.2 Å². The summed E-state index contributed by atoms with van der Waals surface area (Å²) in [5, 5.41) is 0. The fraction of sp³-hybridized carbons (Fsp3) is 0.381. The van der Waals surface area contributed by atoms with Crippen molar-refractivity contribution in [3.8, 4) is 11.1 Å². The van der Waals surface area contributed by atoms with E-state index in [-0.39, 0.29) is 11.5 Å². The Kier molecular flexibility index (Phi) is 8.70. The highest BCUT2D eigenvalue weighted by atomic mass is 32.2. The molecule has 174 valence electrons. The molecule has 0 bridgehead atoms. The number of rotatable bonds is 12. The van der Waals surface area contributed by atoms with E-state index in [1.54, 1.807) is 23.1 Å². The number of aryl methyl sites for hydroxylation is 1. The topological polar surface area (TPSA) is 113 Å². The molecule has 0 aliphatic rings. The summed E-state index contributed by atoms with van der Waals surface area (Å²) in [6.07, 6.45) is 2.00. The Morgan fingerprint density at radius 1 is 0.812 bits per heavy atom. The zero-order valence-electron chi connectivity index (χ0n) is 17.4. The molecule has 11 heteroatoms. The Labute approximate surface area is 197 Å². The minimum atomic E-state index is -3.97. The van der Waals surface area contributed by atoms with Gasteiger partial charge in [-0.25, -0.2) is 0 Å². The van der Waals surface area contributed by atoms with Gasteiger partial charge in [-0.2, -0.15) is 21.4 Å². The number of hydrogen-bond donors (Lipinski definition) is 2. The SMILES string of the molecule is O=S(=O)(O)CCCCSc1sc2ccc(-c3ccccc3)cc2[n+]1CCCCS(=O)(=O)O. The summed E-state index contributed by atoms with van der Waals surface area (Å²) in [4.78, 5) is 0. The van der Waals surface area contributed by atoms with Crippen LogP contribution in [-0.4, -0.2) is 43.2 Å². The first-order valence-corrected chi connectivity index (χ1v) is 15.2. The van der Waals surface area contributed by atoms with E-state index in [1.165, 1.54) is 0 Å². The summed E-state index contributed by atoms with van der Waals surface area (Å²) in [6, 6.07) is 16.3. The van der Waals surface area contributed by atoms with Gasteiger partial charge < -0.3 is 0 Å². The maximum atomic E-state index is 11.0. The van der Waals surface area contributed by atoms with Gasteiger partial charge in [-0.1, -0.05) is 47.7 Å². The molecule has 1 aromatic heterocycles. The molecule has 0 aliphatic carbocycles. The molecule has 0 radical (unpaired) electrons. The van der Waals surface area contributed by atoms with Crippen LogP contribution in [0.4, 0.5) is 0 Å². The minimum absolute atomic E-state index is 0.240. The van der Waals surface area contributed by atoms with E-state index < -0.39 is 20.2 Å². The van der Waals surface area contributed by atoms with Crippen molar-refractivity contribution in [3.63, 3.8) is 0 Å². The summed E-state index contributed by atoms with van der Waals surface area (Å²) in [7, 11) is -7.91. The number of unbranched alkanes of at least 4 members (excludes halogenated alkanes) is 2. The lowest BCUT2D eigenvalue weighted by molar-refractivity contribution is -0.702. The Balaban J connectivity index is 1.80. The smallest absolute Gasteiger partial charge is 0.286 e. The van der Waals surface area contributed by atoms with Crippen molar-refractivity contribution in [1.82, 2.24) is 0 Å². The molecular weight excluding hydrogens is 491 g/mol. The zero-order chi connectivity index (χ0) is 23.2. The number of hydrogen-bond acceptors (Lipinski definition) is 6. The molecule has 2 aromatic carbocycles. The van der Waals surface area contributed by atoms with Crippen molar-refractivity contribution in [3.05, 3.63) is 48.5 Å². The van der Waals surface area contributed by atoms with Crippen LogP contribution in [0.15, 0.2) is 52.9 Å². The molecule has 0 saturated carbocycles. The second-order valence-corrected chi connectivity index (χ2v) is 12.9. The fourth-order valence-electron chi connectivity index (χ4n) is 3.29. The highest BCUT2D eigenvalue weighted by Gasteiger charge is 2.22. The molecule has 1 heterocycles. The Morgan fingerprint density at radius 3 is 2.12 bits per heavy atom. The van der Waals surface area contributed by atoms with Gasteiger partial charge in [0.1, 0.15) is 4.70 Å². The van der Waals surface area contributed by atoms with Gasteiger partial charge in [0.15, 0.2) is 6.54 Å². The van der Waals surface area contributed by atoms with E-state index in [9.17, 15) is 16.8 Å². The highest BCUT2D eigenvalue weighted by molar-refractivity contribution is 8.01. The van der Waals surface area contributed by atoms with Gasteiger partial charge in [-0.15, -0.1) is 0 Å². The molecule has 7 nitrogen and oxygen atoms in total. The molecule has 0 aliphatic heterocycles. The van der Waals surface area contributed by atoms with E-state index >= 15 is 0 Å². The van der Waals surface area contributed by atoms with Crippen LogP contribution in [0.2, 0.25) is 0 Å². The van der Waals surface area contributed by atoms with E-state index in [0.717, 1.165) is 25.7 Å². The lowest BCUT2D eigenvalue weighted by Crippen LogP contribution is -2.34. The van der Waals surface area contributed by atoms with Crippen LogP contribution in [0.3, 0.4) is 0 Å². The van der Waals surface area contributed by atoms with E-state index in [4.69, 9.17) is 9.11 Å². The molecule has 32 heavy (non-hydrogen) atoms. The molecule has 0 amide bonds. The first-order chi connectivity index (χ1) is 15.1. The van der Waals surface area contributed by atoms with Gasteiger partial charge in [-0.3, -0.25) is 9.11 Å². The first kappa shape index (κ1) is 25.1. The monoisotopic (exact) mass is 516 g/mol. The molecule has 2 N–H and O–H groups in total. The van der Waals surface area contributed by atoms with Crippen molar-refractivity contribution in [2.75, 3.05) is 17.3 Å². The van der Waals surface area contributed by atoms with Crippen LogP contribution in [-0.2, 0) is 26.8 Å². The molecule has 3 rings (SSSR count). The number of nitrogens with zero attached hydrogens (tertiary/aromatic N) is 1. The molecule has 3 aromatic rings. The van der Waals surface area contributed by atoms with Gasteiger partial charge in [0.05, 0.1) is 11.5 Å². The van der Waals surface area contributed by atoms with Crippen molar-refractivity contribution >= 4 is 53.6 Å². The number of thiazole rings is 1. The Hall–Kier alpha value is -1.50. The number of thioether (sulfide) groups is 1. The maximum absolute atomic E-state index is 11.0. The quantitative estimate of drug-likeness (QED) is 0.160. The normalized spacial score (nSPS) is 12.4. The summed E-state index contributed by atoms with van der Waals surface area (Å²) in [5.74, 6) is 0.206. The van der Waals surface area contributed by atoms with Crippen LogP contribution >= 0.6 is 23.1 Å². The average molecular weight is 517 g/mol. The van der Waals surface area contributed by atoms with Gasteiger partial charge in [0.2, 0.25) is 5.52 Å². The van der Waals surface area contributed by atoms with E-state index in [0.29, 0.717) is 38.0 Å². The molecule has 0 spiro atoms. The van der Waals surface area contributed by atoms with Crippen molar-refractivity contribution in [1.29, 1.82) is 0 Å². The van der Waals surface area contributed by atoms with Crippen LogP contribution < -0.4 is 4.57 Å². The molecule has 0 saturated heterocycles. The van der Waals surface area contributed by atoms with Crippen LogP contribution in [0.25, 0.3) is 21.3 Å². The maximum Gasteiger partial charge on any atom is 0.298 e. The summed E-state index contributed by atoms with van der Waals surface area (Å²) >= 11 is 3.27. The third kappa shape index (κ3) is 7.82. The average Bonchev–Trinajstić information content (AvgIpc) is 3.06. The Morgan fingerprint density at radius 2 is 1.47 bits per heavy atom. The lowest BCUT2D eigenvalue weighted by atomic mass is 10.1. The summed E-state index contributed by atoms with van der Waals surface area (Å²) < 4.78 is 66.0. The lowest BCUT2D eigenvalue weighted by Gasteiger charge is -2.02. The van der Waals surface area contributed by atoms with Gasteiger partial charge in [0, 0.05) is 18.2 Å². The standard InChI is InChI=1S/C21H25NO6S4/c23-31(24,25)14-6-4-12-22-19-16-18(17-8-2-1-3-9-17)10-11-20(19)30-21(22)29-13-5-7-15-32(26,27)28/h1-3,8-11,16H,4-7,12-15H2,(H-,23,24,25,26,27,28)/p+1.